The molecule has 6 heteroatoms. The van der Waals surface area contributed by atoms with Crippen LogP contribution in [0.15, 0.2) is 42.5 Å². The Hall–Kier alpha value is -2.50. The third-order valence-corrected chi connectivity index (χ3v) is 5.99. The Morgan fingerprint density at radius 2 is 1.97 bits per heavy atom. The molecule has 1 unspecified atom stereocenters. The van der Waals surface area contributed by atoms with E-state index in [1.165, 1.54) is 16.6 Å². The monoisotopic (exact) mass is 412 g/mol. The lowest BCUT2D eigenvalue weighted by molar-refractivity contribution is -0.137. The lowest BCUT2D eigenvalue weighted by atomic mass is 9.95. The Morgan fingerprint density at radius 1 is 1.21 bits per heavy atom. The third-order valence-electron chi connectivity index (χ3n) is 5.75. The average Bonchev–Trinajstić information content (AvgIpc) is 2.86. The second kappa shape index (κ2) is 8.47. The molecule has 0 saturated heterocycles. The van der Waals surface area contributed by atoms with Gasteiger partial charge >= 0.3 is 5.97 Å². The first-order chi connectivity index (χ1) is 14.1. The highest BCUT2D eigenvalue weighted by Crippen LogP contribution is 2.33. The van der Waals surface area contributed by atoms with Crippen LogP contribution < -0.4 is 10.1 Å². The largest absolute Gasteiger partial charge is 0.497 e. The molecule has 1 atom stereocenters. The van der Waals surface area contributed by atoms with Crippen molar-refractivity contribution in [1.82, 2.24) is 9.88 Å². The number of halogens is 1. The zero-order chi connectivity index (χ0) is 20.4. The van der Waals surface area contributed by atoms with Gasteiger partial charge in [0.2, 0.25) is 0 Å². The van der Waals surface area contributed by atoms with Crippen LogP contribution in [0.2, 0.25) is 5.02 Å². The van der Waals surface area contributed by atoms with E-state index in [-0.39, 0.29) is 12.3 Å². The Kier molecular flexibility index (Phi) is 5.79. The van der Waals surface area contributed by atoms with Crippen molar-refractivity contribution in [1.29, 1.82) is 0 Å². The quantitative estimate of drug-likeness (QED) is 0.635. The number of benzene rings is 2. The number of fused-ring (bicyclic) bond motifs is 3. The Balaban J connectivity index is 1.79. The molecule has 0 saturated carbocycles. The van der Waals surface area contributed by atoms with Crippen molar-refractivity contribution in [3.8, 4) is 5.75 Å². The van der Waals surface area contributed by atoms with Crippen LogP contribution in [0.3, 0.4) is 0 Å². The van der Waals surface area contributed by atoms with Crippen molar-refractivity contribution in [2.45, 2.75) is 31.7 Å². The van der Waals surface area contributed by atoms with Crippen molar-refractivity contribution in [3.63, 3.8) is 0 Å². The van der Waals surface area contributed by atoms with Gasteiger partial charge in [-0.05, 0) is 54.4 Å². The molecule has 0 aliphatic carbocycles. The van der Waals surface area contributed by atoms with Gasteiger partial charge in [-0.15, -0.1) is 0 Å². The van der Waals surface area contributed by atoms with Gasteiger partial charge in [-0.25, -0.2) is 0 Å². The number of nitrogens with one attached hydrogen (secondary N) is 1. The van der Waals surface area contributed by atoms with E-state index in [1.807, 2.05) is 36.4 Å². The van der Waals surface area contributed by atoms with Gasteiger partial charge in [0.1, 0.15) is 5.75 Å². The van der Waals surface area contributed by atoms with Gasteiger partial charge in [-0.1, -0.05) is 23.7 Å². The molecule has 2 heterocycles. The number of aromatic nitrogens is 1. The number of nitrogens with zero attached hydrogens (tertiary/aromatic N) is 1. The van der Waals surface area contributed by atoms with Crippen LogP contribution in [0.4, 0.5) is 0 Å². The SMILES string of the molecule is COc1ccc(C(CC(=O)O)Cn2c3c(c4cc(Cl)ccc42)CCNCC3)cc1. The van der Waals surface area contributed by atoms with E-state index in [0.717, 1.165) is 47.8 Å². The van der Waals surface area contributed by atoms with Crippen molar-refractivity contribution in [2.75, 3.05) is 20.2 Å². The second-order valence-corrected chi connectivity index (χ2v) is 7.95. The maximum Gasteiger partial charge on any atom is 0.304 e. The summed E-state index contributed by atoms with van der Waals surface area (Å²) >= 11 is 6.30. The number of carbonyl (C=O) groups is 1. The molecule has 1 aromatic heterocycles. The molecule has 0 amide bonds. The zero-order valence-electron chi connectivity index (χ0n) is 16.5. The summed E-state index contributed by atoms with van der Waals surface area (Å²) in [7, 11) is 1.63. The molecule has 2 N–H and O–H groups in total. The van der Waals surface area contributed by atoms with Crippen LogP contribution in [0.5, 0.6) is 5.75 Å². The van der Waals surface area contributed by atoms with Gasteiger partial charge in [0.15, 0.2) is 0 Å². The predicted molar refractivity (Wildman–Crippen MR) is 115 cm³/mol. The lowest BCUT2D eigenvalue weighted by Crippen LogP contribution is -2.18. The summed E-state index contributed by atoms with van der Waals surface area (Å²) in [6.07, 6.45) is 1.95. The lowest BCUT2D eigenvalue weighted by Gasteiger charge is -2.20. The van der Waals surface area contributed by atoms with E-state index >= 15 is 0 Å². The summed E-state index contributed by atoms with van der Waals surface area (Å²) in [5, 5.41) is 14.9. The third kappa shape index (κ3) is 4.11. The van der Waals surface area contributed by atoms with Crippen LogP contribution in [-0.2, 0) is 24.2 Å². The van der Waals surface area contributed by atoms with Crippen LogP contribution >= 0.6 is 11.6 Å². The van der Waals surface area contributed by atoms with Gasteiger partial charge in [0.05, 0.1) is 13.5 Å². The minimum absolute atomic E-state index is 0.0760. The van der Waals surface area contributed by atoms with Gasteiger partial charge < -0.3 is 19.7 Å². The number of ether oxygens (including phenoxy) is 1. The van der Waals surface area contributed by atoms with Crippen molar-refractivity contribution in [3.05, 3.63) is 64.3 Å². The topological polar surface area (TPSA) is 63.5 Å². The first kappa shape index (κ1) is 19.8. The highest BCUT2D eigenvalue weighted by molar-refractivity contribution is 6.31. The van der Waals surface area contributed by atoms with Crippen molar-refractivity contribution < 1.29 is 14.6 Å². The molecule has 0 bridgehead atoms. The maximum absolute atomic E-state index is 11.6. The Labute approximate surface area is 175 Å². The highest BCUT2D eigenvalue weighted by atomic mass is 35.5. The second-order valence-electron chi connectivity index (χ2n) is 7.52. The first-order valence-corrected chi connectivity index (χ1v) is 10.3. The van der Waals surface area contributed by atoms with Crippen molar-refractivity contribution >= 4 is 28.5 Å². The minimum atomic E-state index is -0.793. The number of hydrogen-bond acceptors (Lipinski definition) is 3. The number of rotatable bonds is 6. The van der Waals surface area contributed by atoms with Gasteiger partial charge in [0, 0.05) is 47.0 Å². The Morgan fingerprint density at radius 3 is 2.69 bits per heavy atom. The molecular formula is C23H25ClN2O3. The number of carboxylic acid groups (broad SMARTS) is 1. The number of carboxylic acids is 1. The highest BCUT2D eigenvalue weighted by Gasteiger charge is 2.23. The fourth-order valence-corrected chi connectivity index (χ4v) is 4.53. The summed E-state index contributed by atoms with van der Waals surface area (Å²) in [5.74, 6) is -0.160. The van der Waals surface area contributed by atoms with Crippen molar-refractivity contribution in [2.24, 2.45) is 0 Å². The molecular weight excluding hydrogens is 388 g/mol. The fraction of sp³-hybridized carbons (Fsp3) is 0.348. The summed E-state index contributed by atoms with van der Waals surface area (Å²) in [4.78, 5) is 11.6. The summed E-state index contributed by atoms with van der Waals surface area (Å²) in [6.45, 7) is 2.48. The van der Waals surface area contributed by atoms with Crippen LogP contribution in [0.1, 0.15) is 29.2 Å². The smallest absolute Gasteiger partial charge is 0.304 e. The summed E-state index contributed by atoms with van der Waals surface area (Å²) < 4.78 is 7.56. The van der Waals surface area contributed by atoms with E-state index in [2.05, 4.69) is 16.0 Å². The minimum Gasteiger partial charge on any atom is -0.497 e. The molecule has 5 nitrogen and oxygen atoms in total. The number of aliphatic carboxylic acids is 1. The maximum atomic E-state index is 11.6. The molecule has 3 aromatic rings. The number of methoxy groups -OCH3 is 1. The molecule has 0 radical (unpaired) electrons. The molecule has 2 aromatic carbocycles. The average molecular weight is 413 g/mol. The normalized spacial score (nSPS) is 15.0. The van der Waals surface area contributed by atoms with Crippen LogP contribution in [0.25, 0.3) is 10.9 Å². The molecule has 4 rings (SSSR count). The fourth-order valence-electron chi connectivity index (χ4n) is 4.36. The van der Waals surface area contributed by atoms with E-state index in [9.17, 15) is 9.90 Å². The molecule has 1 aliphatic heterocycles. The zero-order valence-corrected chi connectivity index (χ0v) is 17.2. The molecule has 1 aliphatic rings. The standard InChI is InChI=1S/C23H25ClN2O3/c1-29-18-5-2-15(3-6-18)16(12-23(27)28)14-26-21-7-4-17(24)13-20(21)19-8-10-25-11-9-22(19)26/h2-7,13,16,25H,8-12,14H2,1H3,(H,27,28). The summed E-state index contributed by atoms with van der Waals surface area (Å²) in [6, 6.07) is 13.7. The van der Waals surface area contributed by atoms with E-state index in [0.29, 0.717) is 6.54 Å². The molecule has 0 fully saturated rings. The first-order valence-electron chi connectivity index (χ1n) is 9.92. The predicted octanol–water partition coefficient (Wildman–Crippen LogP) is 4.25. The number of hydrogen-bond donors (Lipinski definition) is 2. The van der Waals surface area contributed by atoms with Gasteiger partial charge in [-0.2, -0.15) is 0 Å². The van der Waals surface area contributed by atoms with Gasteiger partial charge in [-0.3, -0.25) is 4.79 Å². The molecule has 152 valence electrons. The van der Waals surface area contributed by atoms with Crippen LogP contribution in [-0.4, -0.2) is 35.8 Å². The van der Waals surface area contributed by atoms with E-state index < -0.39 is 5.97 Å². The van der Waals surface area contributed by atoms with E-state index in [1.54, 1.807) is 7.11 Å². The summed E-state index contributed by atoms with van der Waals surface area (Å²) in [5.41, 5.74) is 4.75. The van der Waals surface area contributed by atoms with Gasteiger partial charge in [0.25, 0.3) is 0 Å². The Bertz CT molecular complexity index is 1030. The molecule has 29 heavy (non-hydrogen) atoms. The molecule has 0 spiro atoms. The van der Waals surface area contributed by atoms with E-state index in [4.69, 9.17) is 16.3 Å². The van der Waals surface area contributed by atoms with Crippen LogP contribution in [0, 0.1) is 0 Å².